The molecule has 0 spiro atoms. The second-order valence-electron chi connectivity index (χ2n) is 13.1. The van der Waals surface area contributed by atoms with E-state index in [4.69, 9.17) is 28.4 Å². The highest BCUT2D eigenvalue weighted by Crippen LogP contribution is 2.54. The van der Waals surface area contributed by atoms with Crippen molar-refractivity contribution in [2.75, 3.05) is 13.2 Å². The minimum atomic E-state index is -1.33. The molecule has 0 aromatic heterocycles. The van der Waals surface area contributed by atoms with Gasteiger partial charge in [0.25, 0.3) is 0 Å². The molecular weight excluding hydrogens is 658 g/mol. The molecule has 1 aliphatic carbocycles. The molecule has 0 saturated carbocycles. The second kappa shape index (κ2) is 16.1. The number of carbonyl (C=O) groups is 4. The van der Waals surface area contributed by atoms with Gasteiger partial charge in [0.05, 0.1) is 5.92 Å². The lowest BCUT2D eigenvalue weighted by Gasteiger charge is -2.49. The van der Waals surface area contributed by atoms with E-state index in [1.165, 1.54) is 27.7 Å². The van der Waals surface area contributed by atoms with Gasteiger partial charge in [0, 0.05) is 49.2 Å². The molecular formula is C39H45NO11. The van der Waals surface area contributed by atoms with Crippen molar-refractivity contribution in [1.82, 2.24) is 4.90 Å². The highest BCUT2D eigenvalue weighted by atomic mass is 16.7. The fourth-order valence-corrected chi connectivity index (χ4v) is 6.79. The number of fused-ring (bicyclic) bond motifs is 1. The molecule has 2 aromatic rings. The lowest BCUT2D eigenvalue weighted by atomic mass is 9.67. The molecule has 8 atom stereocenters. The van der Waals surface area contributed by atoms with Gasteiger partial charge in [-0.1, -0.05) is 49.4 Å². The molecule has 272 valence electrons. The number of ketones is 1. The van der Waals surface area contributed by atoms with E-state index in [0.29, 0.717) is 29.2 Å². The van der Waals surface area contributed by atoms with Crippen molar-refractivity contribution in [3.05, 3.63) is 101 Å². The number of rotatable bonds is 13. The van der Waals surface area contributed by atoms with Crippen molar-refractivity contribution in [3.8, 4) is 5.75 Å². The van der Waals surface area contributed by atoms with Crippen molar-refractivity contribution in [1.29, 1.82) is 0 Å². The minimum Gasteiger partial charge on any atom is -0.489 e. The number of nitrogens with zero attached hydrogens (tertiary/aromatic N) is 1. The first-order valence-electron chi connectivity index (χ1n) is 16.9. The van der Waals surface area contributed by atoms with E-state index in [2.05, 4.69) is 0 Å². The van der Waals surface area contributed by atoms with Crippen LogP contribution in [0.25, 0.3) is 0 Å². The Balaban J connectivity index is 1.53. The molecule has 1 saturated heterocycles. The van der Waals surface area contributed by atoms with Gasteiger partial charge in [0.1, 0.15) is 43.9 Å². The number of hydrogen-bond acceptors (Lipinski definition) is 12. The Morgan fingerprint density at radius 1 is 0.922 bits per heavy atom. The molecule has 51 heavy (non-hydrogen) atoms. The van der Waals surface area contributed by atoms with E-state index >= 15 is 0 Å². The number of hydrogen-bond donors (Lipinski definition) is 1. The zero-order chi connectivity index (χ0) is 36.9. The number of Topliss-reactive ketones (excluding diaryl/α,β-unsaturated/α-hetero) is 1. The van der Waals surface area contributed by atoms with E-state index in [-0.39, 0.29) is 24.9 Å². The van der Waals surface area contributed by atoms with Crippen LogP contribution in [-0.4, -0.2) is 77.7 Å². The zero-order valence-electron chi connectivity index (χ0n) is 29.6. The van der Waals surface area contributed by atoms with Crippen LogP contribution >= 0.6 is 0 Å². The summed E-state index contributed by atoms with van der Waals surface area (Å²) in [6, 6.07) is 16.7. The van der Waals surface area contributed by atoms with E-state index in [9.17, 15) is 24.3 Å². The Morgan fingerprint density at radius 2 is 1.59 bits per heavy atom. The third-order valence-corrected chi connectivity index (χ3v) is 9.49. The van der Waals surface area contributed by atoms with Crippen LogP contribution in [0.2, 0.25) is 0 Å². The predicted octanol–water partition coefficient (Wildman–Crippen LogP) is 4.87. The lowest BCUT2D eigenvalue weighted by molar-refractivity contribution is -0.287. The van der Waals surface area contributed by atoms with Gasteiger partial charge < -0.3 is 38.4 Å². The Morgan fingerprint density at radius 3 is 2.22 bits per heavy atom. The normalized spacial score (nSPS) is 27.4. The maximum atomic E-state index is 14.4. The molecule has 2 heterocycles. The van der Waals surface area contributed by atoms with Gasteiger partial charge in [0.15, 0.2) is 18.3 Å². The summed E-state index contributed by atoms with van der Waals surface area (Å²) >= 11 is 0. The number of benzene rings is 2. The van der Waals surface area contributed by atoms with Gasteiger partial charge in [-0.15, -0.1) is 0 Å². The summed E-state index contributed by atoms with van der Waals surface area (Å²) in [6.45, 7) is 8.99. The molecule has 3 aliphatic rings. The van der Waals surface area contributed by atoms with E-state index in [1.54, 1.807) is 35.4 Å². The Hall–Kier alpha value is -4.78. The minimum absolute atomic E-state index is 0.135. The summed E-state index contributed by atoms with van der Waals surface area (Å²) in [5, 5.41) is 10.5. The molecule has 12 nitrogen and oxygen atoms in total. The fraction of sp³-hybridized carbons (Fsp3) is 0.436. The molecule has 12 heteroatoms. The maximum absolute atomic E-state index is 14.4. The predicted molar refractivity (Wildman–Crippen MR) is 183 cm³/mol. The van der Waals surface area contributed by atoms with Crippen LogP contribution < -0.4 is 4.74 Å². The fourth-order valence-electron chi connectivity index (χ4n) is 6.79. The Bertz CT molecular complexity index is 1680. The monoisotopic (exact) mass is 703 g/mol. The summed E-state index contributed by atoms with van der Waals surface area (Å²) in [7, 11) is 0. The van der Waals surface area contributed by atoms with Gasteiger partial charge in [-0.3, -0.25) is 19.2 Å². The summed E-state index contributed by atoms with van der Waals surface area (Å²) in [5.74, 6) is -2.39. The van der Waals surface area contributed by atoms with Crippen LogP contribution in [0.3, 0.4) is 0 Å². The van der Waals surface area contributed by atoms with Gasteiger partial charge in [-0.2, -0.15) is 0 Å². The van der Waals surface area contributed by atoms with Gasteiger partial charge >= 0.3 is 17.9 Å². The molecule has 2 aromatic carbocycles. The smallest absolute Gasteiger partial charge is 0.303 e. The number of allylic oxidation sites excluding steroid dienone is 4. The molecule has 1 N–H and O–H groups in total. The highest BCUT2D eigenvalue weighted by Gasteiger charge is 2.56. The quantitative estimate of drug-likeness (QED) is 0.131. The molecule has 0 amide bonds. The molecule has 5 rings (SSSR count). The van der Waals surface area contributed by atoms with Crippen molar-refractivity contribution >= 4 is 23.7 Å². The van der Waals surface area contributed by atoms with E-state index < -0.39 is 60.1 Å². The van der Waals surface area contributed by atoms with Crippen LogP contribution in [0, 0.1) is 17.3 Å². The van der Waals surface area contributed by atoms with E-state index in [1.807, 2.05) is 62.4 Å². The van der Waals surface area contributed by atoms with Crippen LogP contribution in [0.5, 0.6) is 5.75 Å². The maximum Gasteiger partial charge on any atom is 0.303 e. The SMILES string of the molecule is CC(=O)OC[C@H]1[C@H](OC(C)=O)[C@@H](OC(C)O)[C@H](N2C=C(C(=O)c3ccc(OCc4ccccc4)cc3)C3(C)C2=CC=CC3C)O[C@@H]1COC(C)=O. The van der Waals surface area contributed by atoms with Crippen molar-refractivity contribution in [2.24, 2.45) is 17.3 Å². The molecule has 1 fully saturated rings. The third kappa shape index (κ3) is 8.41. The largest absolute Gasteiger partial charge is 0.489 e. The standard InChI is InChI=1S/C39H45NO11/c1-23-11-10-14-34-39(23,6)32(35(45)29-15-17-30(18-16-29)48-20-28-12-8-7-9-13-28)19-40(34)38-37(50-27(5)44)36(49-26(4)43)31(21-46-24(2)41)33(51-38)22-47-25(3)42/h7-19,23,27,31,33,36-38,44H,20-22H2,1-6H3/t23?,27?,31-,33-,36+,37-,38-,39?/m1/s1. The first-order valence-corrected chi connectivity index (χ1v) is 16.9. The summed E-state index contributed by atoms with van der Waals surface area (Å²) in [4.78, 5) is 52.5. The van der Waals surface area contributed by atoms with Gasteiger partial charge in [-0.25, -0.2) is 0 Å². The molecule has 0 radical (unpaired) electrons. The average molecular weight is 704 g/mol. The molecule has 3 unspecified atom stereocenters. The number of aliphatic hydroxyl groups excluding tert-OH is 1. The summed E-state index contributed by atoms with van der Waals surface area (Å²) in [6.07, 6.45) is 1.84. The highest BCUT2D eigenvalue weighted by molar-refractivity contribution is 6.10. The third-order valence-electron chi connectivity index (χ3n) is 9.49. The summed E-state index contributed by atoms with van der Waals surface area (Å²) in [5.41, 5.74) is 1.83. The average Bonchev–Trinajstić information content (AvgIpc) is 3.40. The molecule has 2 aliphatic heterocycles. The van der Waals surface area contributed by atoms with E-state index in [0.717, 1.165) is 5.56 Å². The lowest BCUT2D eigenvalue weighted by Crippen LogP contribution is -2.63. The van der Waals surface area contributed by atoms with Crippen LogP contribution in [0.15, 0.2) is 90.3 Å². The van der Waals surface area contributed by atoms with Gasteiger partial charge in [-0.05, 0) is 55.7 Å². The van der Waals surface area contributed by atoms with Crippen molar-refractivity contribution in [3.63, 3.8) is 0 Å². The molecule has 0 bridgehead atoms. The van der Waals surface area contributed by atoms with Crippen molar-refractivity contribution < 1.29 is 52.7 Å². The van der Waals surface area contributed by atoms with Crippen LogP contribution in [-0.2, 0) is 44.7 Å². The number of aliphatic hydroxyl groups is 1. The van der Waals surface area contributed by atoms with Crippen LogP contribution in [0.1, 0.15) is 57.5 Å². The zero-order valence-corrected chi connectivity index (χ0v) is 29.6. The first-order chi connectivity index (χ1) is 24.3. The Labute approximate surface area is 297 Å². The Kier molecular flexibility index (Phi) is 11.8. The number of carbonyl (C=O) groups excluding carboxylic acids is 4. The van der Waals surface area contributed by atoms with Crippen molar-refractivity contribution in [2.45, 2.75) is 79.0 Å². The van der Waals surface area contributed by atoms with Crippen LogP contribution in [0.4, 0.5) is 0 Å². The number of esters is 3. The second-order valence-corrected chi connectivity index (χ2v) is 13.1. The number of ether oxygens (including phenoxy) is 6. The van der Waals surface area contributed by atoms with Gasteiger partial charge in [0.2, 0.25) is 0 Å². The summed E-state index contributed by atoms with van der Waals surface area (Å²) < 4.78 is 35.1. The topological polar surface area (TPSA) is 147 Å². The first kappa shape index (κ1) is 37.5.